The quantitative estimate of drug-likeness (QED) is 0.0548. The van der Waals surface area contributed by atoms with Gasteiger partial charge in [-0.15, -0.1) is 0 Å². The number of hydrogen-bond donors (Lipinski definition) is 2. The van der Waals surface area contributed by atoms with Crippen LogP contribution in [0.5, 0.6) is 0 Å². The first-order valence-electron chi connectivity index (χ1n) is 15.8. The van der Waals surface area contributed by atoms with Crippen LogP contribution in [0, 0.1) is 17.8 Å². The monoisotopic (exact) mass is 609 g/mol. The van der Waals surface area contributed by atoms with E-state index >= 15 is 0 Å². The number of amides is 1. The van der Waals surface area contributed by atoms with Crippen molar-refractivity contribution < 1.29 is 38.5 Å². The molecule has 9 nitrogen and oxygen atoms in total. The number of cyclic esters (lactones) is 2. The maximum absolute atomic E-state index is 12.3. The lowest BCUT2D eigenvalue weighted by atomic mass is 9.87. The highest BCUT2D eigenvalue weighted by Gasteiger charge is 2.42. The summed E-state index contributed by atoms with van der Waals surface area (Å²) in [6, 6.07) is -0.668. The Morgan fingerprint density at radius 3 is 2.12 bits per heavy atom. The van der Waals surface area contributed by atoms with Crippen molar-refractivity contribution in [2.75, 3.05) is 0 Å². The summed E-state index contributed by atoms with van der Waals surface area (Å²) in [6.07, 6.45) is 17.4. The Labute approximate surface area is 260 Å². The van der Waals surface area contributed by atoms with Crippen molar-refractivity contribution in [3.63, 3.8) is 0 Å². The number of unbranched alkanes of at least 4 members (excludes halogenated alkanes) is 3. The molecule has 9 heteroatoms. The Kier molecular flexibility index (Phi) is 21.4. The Balaban J connectivity index is 0.000000815. The van der Waals surface area contributed by atoms with Crippen molar-refractivity contribution in [1.29, 1.82) is 0 Å². The van der Waals surface area contributed by atoms with Crippen molar-refractivity contribution >= 4 is 24.3 Å². The van der Waals surface area contributed by atoms with Crippen molar-refractivity contribution in [3.8, 4) is 0 Å². The van der Waals surface area contributed by atoms with Crippen LogP contribution in [0.4, 0.5) is 0 Å². The Morgan fingerprint density at radius 2 is 1.60 bits per heavy atom. The Hall–Kier alpha value is -2.68. The highest BCUT2D eigenvalue weighted by Crippen LogP contribution is 2.31. The van der Waals surface area contributed by atoms with Gasteiger partial charge in [-0.1, -0.05) is 78.2 Å². The number of esters is 3. The molecule has 0 radical (unpaired) electrons. The molecule has 2 N–H and O–H groups in total. The van der Waals surface area contributed by atoms with Crippen molar-refractivity contribution in [2.45, 2.75) is 150 Å². The van der Waals surface area contributed by atoms with Gasteiger partial charge in [0, 0.05) is 12.8 Å². The van der Waals surface area contributed by atoms with Crippen LogP contribution in [0.3, 0.4) is 0 Å². The average molecular weight is 610 g/mol. The first kappa shape index (κ1) is 40.3. The van der Waals surface area contributed by atoms with E-state index < -0.39 is 12.0 Å². The second kappa shape index (κ2) is 22.8. The molecule has 2 aliphatic heterocycles. The molecule has 1 amide bonds. The molecule has 2 fully saturated rings. The first-order chi connectivity index (χ1) is 20.1. The summed E-state index contributed by atoms with van der Waals surface area (Å²) in [4.78, 5) is 45.6. The number of aliphatic hydroxyl groups excluding tert-OH is 1. The zero-order valence-corrected chi connectivity index (χ0v) is 26.6. The Bertz CT molecular complexity index is 870. The zero-order chi connectivity index (χ0) is 31.5. The molecule has 7 atom stereocenters. The van der Waals surface area contributed by atoms with Crippen LogP contribution in [-0.2, 0) is 33.4 Å². The molecular weight excluding hydrogens is 550 g/mol. The number of aliphatic hydroxyl groups is 1. The second-order valence-electron chi connectivity index (χ2n) is 11.7. The maximum atomic E-state index is 12.3. The van der Waals surface area contributed by atoms with Crippen LogP contribution in [0.1, 0.15) is 120 Å². The van der Waals surface area contributed by atoms with Gasteiger partial charge >= 0.3 is 17.9 Å². The molecule has 2 aliphatic rings. The van der Waals surface area contributed by atoms with E-state index in [2.05, 4.69) is 18.3 Å². The zero-order valence-electron chi connectivity index (χ0n) is 26.6. The molecule has 0 aliphatic carbocycles. The fourth-order valence-corrected chi connectivity index (χ4v) is 5.01. The topological polar surface area (TPSA) is 128 Å². The molecule has 0 aromatic rings. The highest BCUT2D eigenvalue weighted by atomic mass is 16.6. The van der Waals surface area contributed by atoms with Crippen LogP contribution in [0.2, 0.25) is 0 Å². The van der Waals surface area contributed by atoms with Crippen molar-refractivity contribution in [2.24, 2.45) is 17.8 Å². The fourth-order valence-electron chi connectivity index (χ4n) is 5.01. The summed E-state index contributed by atoms with van der Waals surface area (Å²) in [5.74, 6) is -0.918. The predicted molar refractivity (Wildman–Crippen MR) is 169 cm³/mol. The summed E-state index contributed by atoms with van der Waals surface area (Å²) in [5.41, 5.74) is 0. The number of rotatable bonds is 20. The molecule has 0 spiro atoms. The minimum Gasteiger partial charge on any atom is -0.461 e. The number of allylic oxidation sites excluding steroid dienone is 4. The smallest absolute Gasteiger partial charge is 0.329 e. The summed E-state index contributed by atoms with van der Waals surface area (Å²) in [5, 5.41) is 12.4. The third kappa shape index (κ3) is 15.1. The normalized spacial score (nSPS) is 23.1. The molecule has 0 bridgehead atoms. The van der Waals surface area contributed by atoms with E-state index in [0.29, 0.717) is 25.7 Å². The third-order valence-corrected chi connectivity index (χ3v) is 7.83. The van der Waals surface area contributed by atoms with Gasteiger partial charge in [0.2, 0.25) is 6.41 Å². The van der Waals surface area contributed by atoms with E-state index in [4.69, 9.17) is 14.2 Å². The van der Waals surface area contributed by atoms with Gasteiger partial charge in [-0.25, -0.2) is 4.79 Å². The van der Waals surface area contributed by atoms with Crippen LogP contribution in [0.15, 0.2) is 24.3 Å². The van der Waals surface area contributed by atoms with Gasteiger partial charge in [0.25, 0.3) is 0 Å². The minimum absolute atomic E-state index is 0. The lowest BCUT2D eigenvalue weighted by molar-refractivity contribution is -0.189. The molecule has 0 aromatic heterocycles. The fraction of sp³-hybridized carbons (Fsp3) is 0.765. The minimum atomic E-state index is -0.668. The molecule has 0 aromatic carbocycles. The number of nitrogens with one attached hydrogen (secondary N) is 1. The second-order valence-corrected chi connectivity index (χ2v) is 11.7. The van der Waals surface area contributed by atoms with Crippen LogP contribution in [-0.4, -0.2) is 59.9 Å². The van der Waals surface area contributed by atoms with Gasteiger partial charge in [0.05, 0.1) is 17.9 Å². The number of carbonyl (C=O) groups excluding carboxylic acids is 4. The van der Waals surface area contributed by atoms with E-state index in [9.17, 15) is 24.3 Å². The predicted octanol–water partition coefficient (Wildman–Crippen LogP) is 6.22. The molecule has 2 saturated heterocycles. The van der Waals surface area contributed by atoms with Crippen molar-refractivity contribution in [3.05, 3.63) is 24.3 Å². The standard InChI is InChI=1S/C17H27NO5.C16H28O3.CH4/c1-5-6-7-8-13(9-14-12(4)16(20)23-14)22-17(21)15(11(2)3)18-10-19;1-3-5-7-9-11-14-15(19-16(14)18)12-13(17)10-8-6-4-2;/h5-6,10-15H,7-9H2,1-4H3,(H,18,19);4,6,13-15,17H,3,5,7-12H2,1-2H3;1H4/t12-,13-,14-,15-;13-,14+,15+;/m01./s1. The number of hydrogen-bond acceptors (Lipinski definition) is 8. The lowest BCUT2D eigenvalue weighted by Crippen LogP contribution is -2.47. The molecule has 2 rings (SSSR count). The van der Waals surface area contributed by atoms with Gasteiger partial charge in [-0.3, -0.25) is 14.4 Å². The highest BCUT2D eigenvalue weighted by molar-refractivity contribution is 5.79. The van der Waals surface area contributed by atoms with Crippen LogP contribution >= 0.6 is 0 Å². The van der Waals surface area contributed by atoms with E-state index in [-0.39, 0.29) is 61.5 Å². The van der Waals surface area contributed by atoms with Gasteiger partial charge in [0.1, 0.15) is 24.4 Å². The summed E-state index contributed by atoms with van der Waals surface area (Å²) >= 11 is 0. The lowest BCUT2D eigenvalue weighted by Gasteiger charge is -2.36. The summed E-state index contributed by atoms with van der Waals surface area (Å²) in [6.45, 7) is 11.6. The van der Waals surface area contributed by atoms with Gasteiger partial charge in [-0.05, 0) is 58.8 Å². The maximum Gasteiger partial charge on any atom is 0.329 e. The molecule has 0 unspecified atom stereocenters. The molecule has 2 heterocycles. The van der Waals surface area contributed by atoms with E-state index in [1.54, 1.807) is 0 Å². The summed E-state index contributed by atoms with van der Waals surface area (Å²) in [7, 11) is 0. The number of ether oxygens (including phenoxy) is 3. The number of carbonyl (C=O) groups is 4. The third-order valence-electron chi connectivity index (χ3n) is 7.83. The molecular formula is C34H59NO8. The molecule has 43 heavy (non-hydrogen) atoms. The van der Waals surface area contributed by atoms with Crippen molar-refractivity contribution in [1.82, 2.24) is 5.32 Å². The van der Waals surface area contributed by atoms with Crippen LogP contribution < -0.4 is 5.32 Å². The Morgan fingerprint density at radius 1 is 0.977 bits per heavy atom. The largest absolute Gasteiger partial charge is 0.461 e. The molecule has 248 valence electrons. The first-order valence-corrected chi connectivity index (χ1v) is 15.8. The van der Waals surface area contributed by atoms with Crippen LogP contribution in [0.25, 0.3) is 0 Å². The van der Waals surface area contributed by atoms with Gasteiger partial charge in [-0.2, -0.15) is 0 Å². The summed E-state index contributed by atoms with van der Waals surface area (Å²) < 4.78 is 15.9. The molecule has 0 saturated carbocycles. The average Bonchev–Trinajstić information content (AvgIpc) is 2.95. The van der Waals surface area contributed by atoms with E-state index in [0.717, 1.165) is 32.1 Å². The van der Waals surface area contributed by atoms with Gasteiger partial charge in [0.15, 0.2) is 0 Å². The van der Waals surface area contributed by atoms with Gasteiger partial charge < -0.3 is 24.6 Å². The van der Waals surface area contributed by atoms with E-state index in [1.165, 1.54) is 19.3 Å². The van der Waals surface area contributed by atoms with E-state index in [1.807, 2.05) is 52.8 Å². The SMILES string of the molecule is C.CC=CCC[C@@H](C[C@@H]1OC(=O)[C@H]1C)OC(=O)[C@@H](NC=O)C(C)C.CC=CCC[C@@H](O)C[C@@H]1OC(=O)[C@H]1CCCCCC.